The van der Waals surface area contributed by atoms with Gasteiger partial charge < -0.3 is 15.2 Å². The Hall–Kier alpha value is -0.474. The number of carboxylic acid groups (broad SMARTS) is 1. The summed E-state index contributed by atoms with van der Waals surface area (Å²) in [6.45, 7) is 1.93. The van der Waals surface area contributed by atoms with Gasteiger partial charge in [-0.05, 0) is 13.0 Å². The summed E-state index contributed by atoms with van der Waals surface area (Å²) < 4.78 is 0. The Morgan fingerprint density at radius 3 is 2.25 bits per heavy atom. The zero-order valence-corrected chi connectivity index (χ0v) is 12.3. The van der Waals surface area contributed by atoms with Gasteiger partial charge in [-0.1, -0.05) is 18.2 Å². The van der Waals surface area contributed by atoms with Gasteiger partial charge in [0, 0.05) is 0 Å². The van der Waals surface area contributed by atoms with Gasteiger partial charge in [-0.2, -0.15) is 0 Å². The molecule has 2 N–H and O–H groups in total. The summed E-state index contributed by atoms with van der Waals surface area (Å²) >= 11 is 0. The van der Waals surface area contributed by atoms with E-state index in [4.69, 9.17) is 0 Å². The number of aliphatic carboxylic acids is 1. The molecule has 0 aliphatic carbocycles. The molecule has 0 bridgehead atoms. The standard InChI is InChI=1S/C6H8O2.C3H4N2O2.K/c1-2-3-4-5-6(7)8;6-2-1-4-3(7)5-2;/h2-5H,1H3,(H,7,8);1H2,(H2,4,5,6,7);/q;;+1/p-1. The predicted molar refractivity (Wildman–Crippen MR) is 50.5 cm³/mol. The summed E-state index contributed by atoms with van der Waals surface area (Å²) in [6.07, 6.45) is 5.74. The van der Waals surface area contributed by atoms with Crippen LogP contribution in [0.25, 0.3) is 0 Å². The number of carboxylic acids is 1. The zero-order valence-electron chi connectivity index (χ0n) is 9.15. The van der Waals surface area contributed by atoms with E-state index in [0.29, 0.717) is 0 Å². The van der Waals surface area contributed by atoms with Crippen molar-refractivity contribution < 1.29 is 70.9 Å². The quantitative estimate of drug-likeness (QED) is 0.224. The summed E-state index contributed by atoms with van der Waals surface area (Å²) in [5.41, 5.74) is 0. The van der Waals surface area contributed by atoms with Crippen LogP contribution in [0.4, 0.5) is 4.79 Å². The molecule has 0 aromatic rings. The minimum atomic E-state index is -1.16. The number of amides is 3. The third-order valence-electron chi connectivity index (χ3n) is 1.20. The molecule has 0 aromatic heterocycles. The van der Waals surface area contributed by atoms with Crippen molar-refractivity contribution in [2.75, 3.05) is 6.54 Å². The SMILES string of the molecule is CC=CC=CC(=O)[O-].O=C1CNC(=O)N1.[K+]. The topological polar surface area (TPSA) is 98.3 Å². The maximum absolute atomic E-state index is 10.1. The molecule has 1 fully saturated rings. The Bertz CT molecular complexity index is 299. The molecular formula is C9H11KN2O4. The number of urea groups is 1. The van der Waals surface area contributed by atoms with Gasteiger partial charge in [0.05, 0.1) is 12.5 Å². The number of carbonyl (C=O) groups excluding carboxylic acids is 3. The fraction of sp³-hybridized carbons (Fsp3) is 0.222. The van der Waals surface area contributed by atoms with Gasteiger partial charge in [0.25, 0.3) is 0 Å². The van der Waals surface area contributed by atoms with Crippen LogP contribution in [0.2, 0.25) is 0 Å². The number of allylic oxidation sites excluding steroid dienone is 3. The molecule has 0 saturated carbocycles. The summed E-state index contributed by atoms with van der Waals surface area (Å²) in [7, 11) is 0. The van der Waals surface area contributed by atoms with Crippen LogP contribution in [0.5, 0.6) is 0 Å². The Morgan fingerprint density at radius 2 is 2.00 bits per heavy atom. The van der Waals surface area contributed by atoms with E-state index in [2.05, 4.69) is 5.32 Å². The van der Waals surface area contributed by atoms with Crippen molar-refractivity contribution in [1.82, 2.24) is 10.6 Å². The molecule has 1 saturated heterocycles. The second-order valence-electron chi connectivity index (χ2n) is 2.43. The van der Waals surface area contributed by atoms with Crippen LogP contribution >= 0.6 is 0 Å². The minimum Gasteiger partial charge on any atom is -0.545 e. The van der Waals surface area contributed by atoms with E-state index >= 15 is 0 Å². The summed E-state index contributed by atoms with van der Waals surface area (Å²) in [5, 5.41) is 13.9. The smallest absolute Gasteiger partial charge is 0.545 e. The first-order valence-electron chi connectivity index (χ1n) is 4.14. The minimum absolute atomic E-state index is 0. The maximum Gasteiger partial charge on any atom is 1.00 e. The number of imide groups is 1. The Balaban J connectivity index is 0. The first-order chi connectivity index (χ1) is 7.06. The summed E-state index contributed by atoms with van der Waals surface area (Å²) in [6, 6.07) is -0.398. The van der Waals surface area contributed by atoms with Crippen molar-refractivity contribution in [3.05, 3.63) is 24.3 Å². The Morgan fingerprint density at radius 1 is 1.38 bits per heavy atom. The average Bonchev–Trinajstić information content (AvgIpc) is 2.51. The number of hydrogen-bond acceptors (Lipinski definition) is 4. The second kappa shape index (κ2) is 11.0. The van der Waals surface area contributed by atoms with Crippen LogP contribution in [0, 0.1) is 0 Å². The largest absolute Gasteiger partial charge is 1.00 e. The van der Waals surface area contributed by atoms with Crippen molar-refractivity contribution in [2.45, 2.75) is 6.92 Å². The molecule has 82 valence electrons. The van der Waals surface area contributed by atoms with E-state index in [-0.39, 0.29) is 63.8 Å². The van der Waals surface area contributed by atoms with Gasteiger partial charge in [0.1, 0.15) is 0 Å². The normalized spacial score (nSPS) is 13.8. The van der Waals surface area contributed by atoms with E-state index in [9.17, 15) is 19.5 Å². The van der Waals surface area contributed by atoms with Gasteiger partial charge in [0.15, 0.2) is 0 Å². The van der Waals surface area contributed by atoms with E-state index in [1.807, 2.05) is 5.32 Å². The zero-order chi connectivity index (χ0) is 11.7. The molecule has 1 heterocycles. The van der Waals surface area contributed by atoms with Crippen LogP contribution < -0.4 is 67.1 Å². The van der Waals surface area contributed by atoms with Crippen molar-refractivity contribution in [2.24, 2.45) is 0 Å². The number of hydrogen-bond donors (Lipinski definition) is 2. The van der Waals surface area contributed by atoms with Gasteiger partial charge in [-0.15, -0.1) is 0 Å². The van der Waals surface area contributed by atoms with Crippen molar-refractivity contribution in [1.29, 1.82) is 0 Å². The fourth-order valence-electron chi connectivity index (χ4n) is 0.621. The van der Waals surface area contributed by atoms with Gasteiger partial charge in [0.2, 0.25) is 5.91 Å². The fourth-order valence-corrected chi connectivity index (χ4v) is 0.621. The monoisotopic (exact) mass is 250 g/mol. The molecule has 3 amide bonds. The van der Waals surface area contributed by atoms with E-state index in [1.165, 1.54) is 6.08 Å². The maximum atomic E-state index is 10.1. The van der Waals surface area contributed by atoms with Crippen molar-refractivity contribution in [3.63, 3.8) is 0 Å². The molecular weight excluding hydrogens is 239 g/mol. The van der Waals surface area contributed by atoms with Crippen LogP contribution in [0.1, 0.15) is 6.92 Å². The van der Waals surface area contributed by atoms with Gasteiger partial charge in [-0.25, -0.2) is 4.79 Å². The van der Waals surface area contributed by atoms with Gasteiger partial charge >= 0.3 is 57.4 Å². The molecule has 1 aliphatic rings. The third-order valence-corrected chi connectivity index (χ3v) is 1.20. The molecule has 6 nitrogen and oxygen atoms in total. The molecule has 1 rings (SSSR count). The van der Waals surface area contributed by atoms with Crippen LogP contribution in [-0.2, 0) is 9.59 Å². The molecule has 7 heteroatoms. The Kier molecular flexibility index (Phi) is 12.3. The molecule has 1 aliphatic heterocycles. The molecule has 0 spiro atoms. The molecule has 0 unspecified atom stereocenters. The van der Waals surface area contributed by atoms with E-state index in [1.54, 1.807) is 19.1 Å². The molecule has 0 radical (unpaired) electrons. The number of carbonyl (C=O) groups is 3. The Labute approximate surface area is 136 Å². The molecule has 0 atom stereocenters. The third kappa shape index (κ3) is 11.6. The number of nitrogens with one attached hydrogen (secondary N) is 2. The second-order valence-corrected chi connectivity index (χ2v) is 2.43. The van der Waals surface area contributed by atoms with Crippen molar-refractivity contribution >= 4 is 17.9 Å². The summed E-state index contributed by atoms with van der Waals surface area (Å²) in [4.78, 5) is 29.7. The van der Waals surface area contributed by atoms with Crippen LogP contribution in [-0.4, -0.2) is 24.5 Å². The first-order valence-corrected chi connectivity index (χ1v) is 4.14. The predicted octanol–water partition coefficient (Wildman–Crippen LogP) is -4.30. The van der Waals surface area contributed by atoms with E-state index in [0.717, 1.165) is 6.08 Å². The first kappa shape index (κ1) is 17.9. The van der Waals surface area contributed by atoms with Gasteiger partial charge in [-0.3, -0.25) is 10.1 Å². The molecule has 0 aromatic carbocycles. The molecule has 16 heavy (non-hydrogen) atoms. The number of rotatable bonds is 2. The average molecular weight is 250 g/mol. The van der Waals surface area contributed by atoms with Crippen LogP contribution in [0.3, 0.4) is 0 Å². The van der Waals surface area contributed by atoms with Crippen LogP contribution in [0.15, 0.2) is 24.3 Å². The summed E-state index contributed by atoms with van der Waals surface area (Å²) in [5.74, 6) is -1.42. The van der Waals surface area contributed by atoms with Crippen molar-refractivity contribution in [3.8, 4) is 0 Å². The van der Waals surface area contributed by atoms with E-state index < -0.39 is 12.0 Å².